The van der Waals surface area contributed by atoms with Crippen LogP contribution in [0.2, 0.25) is 0 Å². The van der Waals surface area contributed by atoms with Crippen molar-refractivity contribution in [2.45, 2.75) is 44.7 Å². The second-order valence-corrected chi connectivity index (χ2v) is 7.96. The summed E-state index contributed by atoms with van der Waals surface area (Å²) in [5, 5.41) is 14.7. The van der Waals surface area contributed by atoms with Gasteiger partial charge in [0.1, 0.15) is 5.65 Å². The minimum Gasteiger partial charge on any atom is -0.352 e. The third kappa shape index (κ3) is 3.87. The molecule has 3 heterocycles. The average molecular weight is 414 g/mol. The quantitative estimate of drug-likeness (QED) is 0.577. The Kier molecular flexibility index (Phi) is 5.67. The number of anilines is 1. The van der Waals surface area contributed by atoms with Gasteiger partial charge in [0.05, 0.1) is 11.0 Å². The molecule has 2 aromatic heterocycles. The van der Waals surface area contributed by atoms with Gasteiger partial charge in [-0.2, -0.15) is 0 Å². The fraction of sp³-hybridized carbons (Fsp3) is 0.550. The van der Waals surface area contributed by atoms with Crippen LogP contribution in [0, 0.1) is 10.1 Å². The molecule has 1 amide bonds. The van der Waals surface area contributed by atoms with E-state index in [1.54, 1.807) is 23.1 Å². The van der Waals surface area contributed by atoms with Gasteiger partial charge in [0.25, 0.3) is 0 Å². The second kappa shape index (κ2) is 8.39. The molecule has 2 aliphatic rings. The summed E-state index contributed by atoms with van der Waals surface area (Å²) in [5.41, 5.74) is -0.832. The molecule has 0 spiro atoms. The van der Waals surface area contributed by atoms with E-state index in [1.807, 2.05) is 6.92 Å². The number of carbonyl (C=O) groups is 1. The van der Waals surface area contributed by atoms with Gasteiger partial charge in [-0.3, -0.25) is 29.0 Å². The van der Waals surface area contributed by atoms with Gasteiger partial charge in [-0.15, -0.1) is 0 Å². The molecule has 1 aliphatic carbocycles. The summed E-state index contributed by atoms with van der Waals surface area (Å²) in [6, 6.07) is 5.04. The molecule has 1 aliphatic heterocycles. The van der Waals surface area contributed by atoms with Gasteiger partial charge in [0.2, 0.25) is 11.7 Å². The largest absolute Gasteiger partial charge is 0.376 e. The predicted molar refractivity (Wildman–Crippen MR) is 112 cm³/mol. The van der Waals surface area contributed by atoms with Crippen LogP contribution in [-0.4, -0.2) is 63.4 Å². The van der Waals surface area contributed by atoms with Crippen molar-refractivity contribution in [1.29, 1.82) is 0 Å². The Hall–Kier alpha value is -3.01. The highest BCUT2D eigenvalue weighted by Gasteiger charge is 2.32. The summed E-state index contributed by atoms with van der Waals surface area (Å²) in [4.78, 5) is 44.4. The molecule has 2 fully saturated rings. The number of nitrogens with one attached hydrogen (secondary N) is 1. The highest BCUT2D eigenvalue weighted by atomic mass is 16.6. The standard InChI is InChI=1S/C20H26N6O4/c1-14(19(27)21-15-6-2-3-7-15)23-10-12-24(13-11-23)18-17(26(29)30)20(28)25-9-5-4-8-16(25)22-18/h4-5,8-9,14-15H,2-3,6-7,10-13H2,1H3,(H,21,27). The first kappa shape index (κ1) is 20.3. The van der Waals surface area contributed by atoms with Crippen molar-refractivity contribution in [2.75, 3.05) is 31.1 Å². The highest BCUT2D eigenvalue weighted by molar-refractivity contribution is 5.81. The summed E-state index contributed by atoms with van der Waals surface area (Å²) in [7, 11) is 0. The average Bonchev–Trinajstić information content (AvgIpc) is 3.26. The second-order valence-electron chi connectivity index (χ2n) is 7.96. The summed E-state index contributed by atoms with van der Waals surface area (Å²) in [6.07, 6.45) is 5.88. The number of hydrogen-bond donors (Lipinski definition) is 1. The van der Waals surface area contributed by atoms with Gasteiger partial charge in [-0.25, -0.2) is 4.98 Å². The van der Waals surface area contributed by atoms with Gasteiger partial charge in [-0.1, -0.05) is 18.9 Å². The van der Waals surface area contributed by atoms with E-state index in [4.69, 9.17) is 0 Å². The molecular formula is C20H26N6O4. The smallest absolute Gasteiger partial charge is 0.352 e. The number of aromatic nitrogens is 2. The van der Waals surface area contributed by atoms with Crippen LogP contribution in [-0.2, 0) is 4.79 Å². The molecule has 10 nitrogen and oxygen atoms in total. The Bertz CT molecular complexity index is 1010. The van der Waals surface area contributed by atoms with Gasteiger partial charge in [0.15, 0.2) is 0 Å². The minimum absolute atomic E-state index is 0.0309. The first-order valence-corrected chi connectivity index (χ1v) is 10.4. The molecule has 0 radical (unpaired) electrons. The lowest BCUT2D eigenvalue weighted by Crippen LogP contribution is -2.55. The lowest BCUT2D eigenvalue weighted by atomic mass is 10.2. The zero-order valence-corrected chi connectivity index (χ0v) is 17.0. The van der Waals surface area contributed by atoms with Crippen LogP contribution in [0.5, 0.6) is 0 Å². The van der Waals surface area contributed by atoms with Gasteiger partial charge < -0.3 is 10.2 Å². The summed E-state index contributed by atoms with van der Waals surface area (Å²) >= 11 is 0. The van der Waals surface area contributed by atoms with Gasteiger partial charge in [-0.05, 0) is 31.9 Å². The van der Waals surface area contributed by atoms with E-state index < -0.39 is 16.2 Å². The van der Waals surface area contributed by atoms with Crippen molar-refractivity contribution in [3.8, 4) is 0 Å². The maximum atomic E-state index is 12.7. The van der Waals surface area contributed by atoms with Crippen LogP contribution >= 0.6 is 0 Å². The van der Waals surface area contributed by atoms with Crippen molar-refractivity contribution in [3.05, 3.63) is 44.9 Å². The molecule has 0 bridgehead atoms. The highest BCUT2D eigenvalue weighted by Crippen LogP contribution is 2.24. The Labute approximate surface area is 173 Å². The number of piperazine rings is 1. The lowest BCUT2D eigenvalue weighted by molar-refractivity contribution is -0.385. The minimum atomic E-state index is -0.688. The summed E-state index contributed by atoms with van der Waals surface area (Å²) in [5.74, 6) is 0.127. The third-order valence-electron chi connectivity index (χ3n) is 6.12. The number of fused-ring (bicyclic) bond motifs is 1. The van der Waals surface area contributed by atoms with E-state index in [1.165, 1.54) is 10.6 Å². The molecule has 1 atom stereocenters. The Morgan fingerprint density at radius 3 is 2.60 bits per heavy atom. The van der Waals surface area contributed by atoms with Crippen LogP contribution in [0.4, 0.5) is 11.5 Å². The fourth-order valence-corrected chi connectivity index (χ4v) is 4.33. The molecule has 1 saturated heterocycles. The topological polar surface area (TPSA) is 113 Å². The van der Waals surface area contributed by atoms with Crippen molar-refractivity contribution in [1.82, 2.24) is 19.6 Å². The number of amides is 1. The zero-order valence-electron chi connectivity index (χ0n) is 17.0. The van der Waals surface area contributed by atoms with E-state index in [0.29, 0.717) is 31.8 Å². The normalized spacial score (nSPS) is 19.2. The Morgan fingerprint density at radius 1 is 1.23 bits per heavy atom. The molecule has 160 valence electrons. The molecule has 4 rings (SSSR count). The molecule has 30 heavy (non-hydrogen) atoms. The third-order valence-corrected chi connectivity index (χ3v) is 6.12. The molecular weight excluding hydrogens is 388 g/mol. The van der Waals surface area contributed by atoms with Crippen molar-refractivity contribution >= 4 is 23.1 Å². The number of nitro groups is 1. The van der Waals surface area contributed by atoms with Crippen LogP contribution in [0.25, 0.3) is 5.65 Å². The van der Waals surface area contributed by atoms with E-state index in [9.17, 15) is 19.7 Å². The van der Waals surface area contributed by atoms with Crippen LogP contribution in [0.15, 0.2) is 29.2 Å². The Balaban J connectivity index is 1.49. The Morgan fingerprint density at radius 2 is 1.93 bits per heavy atom. The SMILES string of the molecule is CC(C(=O)NC1CCCC1)N1CCN(c2nc3ccccn3c(=O)c2[N+](=O)[O-])CC1. The van der Waals surface area contributed by atoms with E-state index >= 15 is 0 Å². The fourth-order valence-electron chi connectivity index (χ4n) is 4.33. The predicted octanol–water partition coefficient (Wildman–Crippen LogP) is 1.17. The van der Waals surface area contributed by atoms with Crippen LogP contribution < -0.4 is 15.8 Å². The van der Waals surface area contributed by atoms with E-state index in [0.717, 1.165) is 25.7 Å². The van der Waals surface area contributed by atoms with Crippen LogP contribution in [0.3, 0.4) is 0 Å². The zero-order chi connectivity index (χ0) is 21.3. The van der Waals surface area contributed by atoms with Gasteiger partial charge in [0, 0.05) is 38.4 Å². The summed E-state index contributed by atoms with van der Waals surface area (Å²) in [6.45, 7) is 3.93. The molecule has 1 unspecified atom stereocenters. The van der Waals surface area contributed by atoms with E-state index in [2.05, 4.69) is 15.2 Å². The molecule has 2 aromatic rings. The molecule has 0 aromatic carbocycles. The number of pyridine rings is 1. The maximum absolute atomic E-state index is 12.7. The number of nitrogens with zero attached hydrogens (tertiary/aromatic N) is 5. The van der Waals surface area contributed by atoms with Crippen LogP contribution in [0.1, 0.15) is 32.6 Å². The van der Waals surface area contributed by atoms with Crippen molar-refractivity contribution in [2.24, 2.45) is 0 Å². The number of carbonyl (C=O) groups excluding carboxylic acids is 1. The maximum Gasteiger partial charge on any atom is 0.376 e. The molecule has 1 N–H and O–H groups in total. The monoisotopic (exact) mass is 414 g/mol. The first-order chi connectivity index (χ1) is 14.5. The van der Waals surface area contributed by atoms with Crippen molar-refractivity contribution in [3.63, 3.8) is 0 Å². The van der Waals surface area contributed by atoms with E-state index in [-0.39, 0.29) is 23.8 Å². The van der Waals surface area contributed by atoms with Gasteiger partial charge >= 0.3 is 11.2 Å². The molecule has 1 saturated carbocycles. The summed E-state index contributed by atoms with van der Waals surface area (Å²) < 4.78 is 1.19. The lowest BCUT2D eigenvalue weighted by Gasteiger charge is -2.37. The molecule has 10 heteroatoms. The number of rotatable bonds is 5. The number of hydrogen-bond acceptors (Lipinski definition) is 7. The van der Waals surface area contributed by atoms with Crippen molar-refractivity contribution < 1.29 is 9.72 Å². The first-order valence-electron chi connectivity index (χ1n) is 10.4.